The molecule has 1 spiro atoms. The first-order chi connectivity index (χ1) is 9.60. The lowest BCUT2D eigenvalue weighted by atomic mass is 9.81. The molecular weight excluding hydrogens is 406 g/mol. The van der Waals surface area contributed by atoms with Crippen LogP contribution >= 0.6 is 43.6 Å². The maximum atomic E-state index is 10.7. The van der Waals surface area contributed by atoms with Crippen molar-refractivity contribution in [2.75, 3.05) is 18.1 Å². The lowest BCUT2D eigenvalue weighted by molar-refractivity contribution is -0.102. The molecule has 2 fully saturated rings. The second kappa shape index (κ2) is 6.24. The van der Waals surface area contributed by atoms with Gasteiger partial charge in [0.1, 0.15) is 6.10 Å². The highest BCUT2D eigenvalue weighted by atomic mass is 79.9. The number of halogens is 2. The first-order valence-electron chi connectivity index (χ1n) is 6.80. The van der Waals surface area contributed by atoms with E-state index in [4.69, 9.17) is 4.74 Å². The molecule has 0 radical (unpaired) electrons. The Morgan fingerprint density at radius 1 is 1.50 bits per heavy atom. The Bertz CT molecular complexity index is 494. The number of pyridine rings is 1. The standard InChI is InChI=1S/C14H17Br2NO2S/c15-10-5-11(16)12(17-7-10)13(18)9-1-3-19-14(6-9)2-4-20-8-14/h5,7,9,13,18H,1-4,6,8H2. The molecule has 1 N–H and O–H groups in total. The Kier molecular flexibility index (Phi) is 4.77. The van der Waals surface area contributed by atoms with E-state index in [1.165, 1.54) is 5.75 Å². The predicted octanol–water partition coefficient (Wildman–Crippen LogP) is 3.94. The van der Waals surface area contributed by atoms with Gasteiger partial charge in [0, 0.05) is 27.5 Å². The van der Waals surface area contributed by atoms with Crippen molar-refractivity contribution in [3.63, 3.8) is 0 Å². The lowest BCUT2D eigenvalue weighted by Gasteiger charge is -2.39. The molecule has 3 rings (SSSR count). The van der Waals surface area contributed by atoms with E-state index in [0.29, 0.717) is 0 Å². The van der Waals surface area contributed by atoms with Gasteiger partial charge in [-0.3, -0.25) is 4.98 Å². The molecule has 3 unspecified atom stereocenters. The molecule has 0 amide bonds. The topological polar surface area (TPSA) is 42.4 Å². The van der Waals surface area contributed by atoms with Crippen LogP contribution in [0.3, 0.4) is 0 Å². The Balaban J connectivity index is 1.77. The summed E-state index contributed by atoms with van der Waals surface area (Å²) in [6.07, 6.45) is 4.16. The van der Waals surface area contributed by atoms with Gasteiger partial charge in [0.25, 0.3) is 0 Å². The van der Waals surface area contributed by atoms with E-state index >= 15 is 0 Å². The Morgan fingerprint density at radius 2 is 2.35 bits per heavy atom. The van der Waals surface area contributed by atoms with Crippen molar-refractivity contribution in [1.82, 2.24) is 4.98 Å². The van der Waals surface area contributed by atoms with Crippen LogP contribution in [0, 0.1) is 5.92 Å². The van der Waals surface area contributed by atoms with E-state index in [2.05, 4.69) is 36.8 Å². The number of aliphatic hydroxyl groups is 1. The first-order valence-corrected chi connectivity index (χ1v) is 9.54. The molecule has 20 heavy (non-hydrogen) atoms. The van der Waals surface area contributed by atoms with Crippen LogP contribution in [0.2, 0.25) is 0 Å². The number of thioether (sulfide) groups is 1. The molecule has 1 aromatic heterocycles. The quantitative estimate of drug-likeness (QED) is 0.783. The molecule has 110 valence electrons. The summed E-state index contributed by atoms with van der Waals surface area (Å²) in [5, 5.41) is 10.7. The van der Waals surface area contributed by atoms with E-state index in [0.717, 1.165) is 46.3 Å². The van der Waals surface area contributed by atoms with Crippen molar-refractivity contribution in [1.29, 1.82) is 0 Å². The van der Waals surface area contributed by atoms with E-state index in [1.54, 1.807) is 6.20 Å². The van der Waals surface area contributed by atoms with Crippen LogP contribution in [0.15, 0.2) is 21.2 Å². The molecule has 0 saturated carbocycles. The third kappa shape index (κ3) is 3.09. The summed E-state index contributed by atoms with van der Waals surface area (Å²) in [5.41, 5.74) is 0.733. The highest BCUT2D eigenvalue weighted by molar-refractivity contribution is 9.11. The highest BCUT2D eigenvalue weighted by Crippen LogP contribution is 2.44. The Labute approximate surface area is 140 Å². The molecule has 2 aliphatic rings. The second-order valence-electron chi connectivity index (χ2n) is 5.55. The normalized spacial score (nSPS) is 31.6. The number of nitrogens with zero attached hydrogens (tertiary/aromatic N) is 1. The molecule has 0 bridgehead atoms. The zero-order valence-electron chi connectivity index (χ0n) is 11.0. The monoisotopic (exact) mass is 421 g/mol. The van der Waals surface area contributed by atoms with Gasteiger partial charge in [-0.1, -0.05) is 0 Å². The molecule has 1 aromatic rings. The summed E-state index contributed by atoms with van der Waals surface area (Å²) < 4.78 is 7.80. The molecule has 3 nitrogen and oxygen atoms in total. The summed E-state index contributed by atoms with van der Waals surface area (Å²) in [6.45, 7) is 0.746. The fourth-order valence-electron chi connectivity index (χ4n) is 3.06. The van der Waals surface area contributed by atoms with Gasteiger partial charge >= 0.3 is 0 Å². The minimum absolute atomic E-state index is 0.00357. The maximum absolute atomic E-state index is 10.7. The Morgan fingerprint density at radius 3 is 3.05 bits per heavy atom. The third-order valence-electron chi connectivity index (χ3n) is 4.16. The molecule has 2 saturated heterocycles. The van der Waals surface area contributed by atoms with Crippen molar-refractivity contribution in [2.45, 2.75) is 31.0 Å². The van der Waals surface area contributed by atoms with Gasteiger partial charge in [-0.05, 0) is 68.9 Å². The van der Waals surface area contributed by atoms with Gasteiger partial charge in [0.05, 0.1) is 11.3 Å². The van der Waals surface area contributed by atoms with Crippen LogP contribution in [0.5, 0.6) is 0 Å². The number of hydrogen-bond acceptors (Lipinski definition) is 4. The van der Waals surface area contributed by atoms with E-state index in [1.807, 2.05) is 17.8 Å². The highest BCUT2D eigenvalue weighted by Gasteiger charge is 2.42. The predicted molar refractivity (Wildman–Crippen MR) is 87.9 cm³/mol. The smallest absolute Gasteiger partial charge is 0.100 e. The minimum Gasteiger partial charge on any atom is -0.386 e. The van der Waals surface area contributed by atoms with Crippen LogP contribution in [0.25, 0.3) is 0 Å². The van der Waals surface area contributed by atoms with Crippen molar-refractivity contribution in [2.24, 2.45) is 5.92 Å². The minimum atomic E-state index is -0.524. The van der Waals surface area contributed by atoms with Crippen LogP contribution in [0.4, 0.5) is 0 Å². The van der Waals surface area contributed by atoms with Crippen LogP contribution < -0.4 is 0 Å². The van der Waals surface area contributed by atoms with Gasteiger partial charge in [0.2, 0.25) is 0 Å². The SMILES string of the molecule is OC(c1ncc(Br)cc1Br)C1CCOC2(CCSC2)C1. The molecular formula is C14H17Br2NO2S. The fraction of sp³-hybridized carbons (Fsp3) is 0.643. The number of aromatic nitrogens is 1. The van der Waals surface area contributed by atoms with Gasteiger partial charge in [-0.15, -0.1) is 0 Å². The maximum Gasteiger partial charge on any atom is 0.100 e. The number of hydrogen-bond donors (Lipinski definition) is 1. The molecule has 3 atom stereocenters. The molecule has 0 aliphatic carbocycles. The van der Waals surface area contributed by atoms with E-state index in [9.17, 15) is 5.11 Å². The van der Waals surface area contributed by atoms with Gasteiger partial charge < -0.3 is 9.84 Å². The molecule has 2 aliphatic heterocycles. The summed E-state index contributed by atoms with van der Waals surface area (Å²) in [6, 6.07) is 1.94. The average Bonchev–Trinajstić information content (AvgIpc) is 2.86. The zero-order chi connectivity index (χ0) is 14.2. The first kappa shape index (κ1) is 15.3. The number of rotatable bonds is 2. The van der Waals surface area contributed by atoms with Gasteiger partial charge in [-0.2, -0.15) is 11.8 Å². The molecule has 0 aromatic carbocycles. The van der Waals surface area contributed by atoms with Crippen molar-refractivity contribution >= 4 is 43.6 Å². The second-order valence-corrected chi connectivity index (χ2v) is 8.43. The molecule has 6 heteroatoms. The summed E-state index contributed by atoms with van der Waals surface area (Å²) in [7, 11) is 0. The average molecular weight is 423 g/mol. The summed E-state index contributed by atoms with van der Waals surface area (Å²) >= 11 is 8.85. The van der Waals surface area contributed by atoms with Crippen LogP contribution in [0.1, 0.15) is 31.1 Å². The number of aliphatic hydroxyl groups excluding tert-OH is 1. The molecule has 3 heterocycles. The Hall–Kier alpha value is 0.380. The summed E-state index contributed by atoms with van der Waals surface area (Å²) in [4.78, 5) is 4.38. The van der Waals surface area contributed by atoms with Gasteiger partial charge in [0.15, 0.2) is 0 Å². The van der Waals surface area contributed by atoms with E-state index in [-0.39, 0.29) is 11.5 Å². The summed E-state index contributed by atoms with van der Waals surface area (Å²) in [5.74, 6) is 2.46. The third-order valence-corrected chi connectivity index (χ3v) is 6.45. The number of ether oxygens (including phenoxy) is 1. The van der Waals surface area contributed by atoms with Crippen LogP contribution in [-0.4, -0.2) is 33.8 Å². The zero-order valence-corrected chi connectivity index (χ0v) is 15.0. The van der Waals surface area contributed by atoms with Crippen LogP contribution in [-0.2, 0) is 4.74 Å². The largest absolute Gasteiger partial charge is 0.386 e. The van der Waals surface area contributed by atoms with Gasteiger partial charge in [-0.25, -0.2) is 0 Å². The van der Waals surface area contributed by atoms with Crippen molar-refractivity contribution in [3.05, 3.63) is 26.9 Å². The van der Waals surface area contributed by atoms with E-state index < -0.39 is 6.10 Å². The lowest BCUT2D eigenvalue weighted by Crippen LogP contribution is -2.41. The van der Waals surface area contributed by atoms with Crippen molar-refractivity contribution in [3.8, 4) is 0 Å². The fourth-order valence-corrected chi connectivity index (χ4v) is 5.66. The van der Waals surface area contributed by atoms with Crippen molar-refractivity contribution < 1.29 is 9.84 Å².